The fraction of sp³-hybridized carbons (Fsp3) is 0.421. The summed E-state index contributed by atoms with van der Waals surface area (Å²) < 4.78 is 5.31. The van der Waals surface area contributed by atoms with Crippen LogP contribution in [0.25, 0.3) is 6.08 Å². The van der Waals surface area contributed by atoms with Crippen molar-refractivity contribution in [3.63, 3.8) is 0 Å². The molecule has 6 nitrogen and oxygen atoms in total. The fourth-order valence-corrected chi connectivity index (χ4v) is 4.94. The van der Waals surface area contributed by atoms with Crippen LogP contribution in [0.1, 0.15) is 15.9 Å². The van der Waals surface area contributed by atoms with Gasteiger partial charge >= 0.3 is 0 Å². The van der Waals surface area contributed by atoms with Crippen molar-refractivity contribution in [3.8, 4) is 0 Å². The van der Waals surface area contributed by atoms with Crippen molar-refractivity contribution in [1.82, 2.24) is 9.80 Å². The van der Waals surface area contributed by atoms with Crippen LogP contribution in [0.3, 0.4) is 0 Å². The van der Waals surface area contributed by atoms with E-state index in [4.69, 9.17) is 4.74 Å². The lowest BCUT2D eigenvalue weighted by atomic mass is 10.1. The van der Waals surface area contributed by atoms with Crippen LogP contribution >= 0.6 is 23.5 Å². The highest BCUT2D eigenvalue weighted by Crippen LogP contribution is 2.28. The Balaban J connectivity index is 1.49. The summed E-state index contributed by atoms with van der Waals surface area (Å²) in [6.07, 6.45) is 2.13. The molecule has 0 bridgehead atoms. The van der Waals surface area contributed by atoms with Gasteiger partial charge in [-0.1, -0.05) is 23.9 Å². The number of hydrogen-bond acceptors (Lipinski definition) is 6. The van der Waals surface area contributed by atoms with Gasteiger partial charge in [0, 0.05) is 42.4 Å². The highest BCUT2D eigenvalue weighted by Gasteiger charge is 2.25. The molecule has 0 unspecified atom stereocenters. The summed E-state index contributed by atoms with van der Waals surface area (Å²) in [5.74, 6) is 2.35. The monoisotopic (exact) mass is 403 g/mol. The standard InChI is InChI=1S/C19H21N3O3S2/c23-17-13-27-19(20-17)22-7-10-26-12-16(22)11-14-1-3-15(4-2-14)18(24)21-5-8-25-9-6-21/h1-4,11H,5-10,12-13H2/b16-11+. The smallest absolute Gasteiger partial charge is 0.258 e. The molecular weight excluding hydrogens is 382 g/mol. The van der Waals surface area contributed by atoms with E-state index in [-0.39, 0.29) is 11.8 Å². The van der Waals surface area contributed by atoms with E-state index in [0.717, 1.165) is 34.5 Å². The fourth-order valence-electron chi connectivity index (χ4n) is 3.19. The maximum Gasteiger partial charge on any atom is 0.258 e. The Morgan fingerprint density at radius 2 is 1.89 bits per heavy atom. The lowest BCUT2D eigenvalue weighted by Crippen LogP contribution is -2.40. The van der Waals surface area contributed by atoms with Gasteiger partial charge in [0.05, 0.1) is 19.0 Å². The number of hydrogen-bond donors (Lipinski definition) is 0. The molecule has 0 radical (unpaired) electrons. The van der Waals surface area contributed by atoms with Crippen molar-refractivity contribution < 1.29 is 14.3 Å². The average Bonchev–Trinajstić information content (AvgIpc) is 3.15. The van der Waals surface area contributed by atoms with Crippen LogP contribution in [0.4, 0.5) is 0 Å². The van der Waals surface area contributed by atoms with Gasteiger partial charge in [-0.3, -0.25) is 9.59 Å². The van der Waals surface area contributed by atoms with E-state index in [1.165, 1.54) is 11.8 Å². The average molecular weight is 404 g/mol. The zero-order valence-electron chi connectivity index (χ0n) is 14.9. The number of amides is 2. The maximum atomic E-state index is 12.6. The second-order valence-electron chi connectivity index (χ2n) is 6.44. The molecule has 1 aromatic rings. The lowest BCUT2D eigenvalue weighted by molar-refractivity contribution is -0.115. The van der Waals surface area contributed by atoms with Gasteiger partial charge in [0.1, 0.15) is 0 Å². The Kier molecular flexibility index (Phi) is 5.85. The Bertz CT molecular complexity index is 786. The largest absolute Gasteiger partial charge is 0.378 e. The van der Waals surface area contributed by atoms with Gasteiger partial charge in [-0.25, -0.2) is 0 Å². The summed E-state index contributed by atoms with van der Waals surface area (Å²) >= 11 is 3.39. The summed E-state index contributed by atoms with van der Waals surface area (Å²) in [7, 11) is 0. The molecule has 0 spiro atoms. The Hall–Kier alpha value is -1.77. The third kappa shape index (κ3) is 4.39. The second-order valence-corrected chi connectivity index (χ2v) is 8.49. The first-order valence-corrected chi connectivity index (χ1v) is 11.1. The van der Waals surface area contributed by atoms with Gasteiger partial charge in [-0.15, -0.1) is 0 Å². The number of amidine groups is 1. The van der Waals surface area contributed by atoms with Gasteiger partial charge in [-0.2, -0.15) is 16.8 Å². The van der Waals surface area contributed by atoms with Crippen molar-refractivity contribution in [2.75, 3.05) is 50.1 Å². The Morgan fingerprint density at radius 3 is 2.59 bits per heavy atom. The number of thioether (sulfide) groups is 2. The molecule has 1 aromatic carbocycles. The van der Waals surface area contributed by atoms with E-state index in [2.05, 4.69) is 16.0 Å². The maximum absolute atomic E-state index is 12.6. The molecule has 0 saturated carbocycles. The summed E-state index contributed by atoms with van der Waals surface area (Å²) in [5.41, 5.74) is 2.90. The van der Waals surface area contributed by atoms with Crippen LogP contribution < -0.4 is 0 Å². The molecule has 142 valence electrons. The van der Waals surface area contributed by atoms with Crippen molar-refractivity contribution in [1.29, 1.82) is 0 Å². The minimum Gasteiger partial charge on any atom is -0.378 e. The molecule has 0 N–H and O–H groups in total. The van der Waals surface area contributed by atoms with Crippen molar-refractivity contribution in [2.45, 2.75) is 0 Å². The Labute approximate surface area is 167 Å². The molecule has 3 aliphatic rings. The summed E-state index contributed by atoms with van der Waals surface area (Å²) in [6.45, 7) is 3.37. The molecule has 2 saturated heterocycles. The van der Waals surface area contributed by atoms with Crippen LogP contribution in [-0.4, -0.2) is 76.9 Å². The van der Waals surface area contributed by atoms with E-state index in [0.29, 0.717) is 37.6 Å². The number of nitrogens with zero attached hydrogens (tertiary/aromatic N) is 3. The van der Waals surface area contributed by atoms with E-state index < -0.39 is 0 Å². The molecule has 3 aliphatic heterocycles. The number of carbonyl (C=O) groups excluding carboxylic acids is 2. The number of rotatable bonds is 2. The van der Waals surface area contributed by atoms with Gasteiger partial charge in [0.2, 0.25) is 0 Å². The van der Waals surface area contributed by atoms with Crippen LogP contribution in [0.5, 0.6) is 0 Å². The molecular formula is C19H21N3O3S2. The van der Waals surface area contributed by atoms with E-state index in [1.807, 2.05) is 40.9 Å². The number of morpholine rings is 1. The molecule has 3 heterocycles. The third-order valence-corrected chi connectivity index (χ3v) is 6.55. The number of ether oxygens (including phenoxy) is 1. The lowest BCUT2D eigenvalue weighted by Gasteiger charge is -2.30. The van der Waals surface area contributed by atoms with Crippen LogP contribution in [0, 0.1) is 0 Å². The number of carbonyl (C=O) groups is 2. The molecule has 27 heavy (non-hydrogen) atoms. The second kappa shape index (κ2) is 8.50. The summed E-state index contributed by atoms with van der Waals surface area (Å²) in [5, 5.41) is 0.811. The van der Waals surface area contributed by atoms with Gasteiger partial charge in [0.15, 0.2) is 5.17 Å². The molecule has 2 fully saturated rings. The van der Waals surface area contributed by atoms with E-state index in [9.17, 15) is 9.59 Å². The van der Waals surface area contributed by atoms with Crippen LogP contribution in [-0.2, 0) is 9.53 Å². The first-order chi connectivity index (χ1) is 13.2. The molecule has 0 atom stereocenters. The van der Waals surface area contributed by atoms with Crippen LogP contribution in [0.2, 0.25) is 0 Å². The topological polar surface area (TPSA) is 62.2 Å². The minimum atomic E-state index is -0.0569. The molecule has 8 heteroatoms. The first-order valence-electron chi connectivity index (χ1n) is 8.98. The summed E-state index contributed by atoms with van der Waals surface area (Å²) in [6, 6.07) is 7.73. The highest BCUT2D eigenvalue weighted by molar-refractivity contribution is 8.14. The Morgan fingerprint density at radius 1 is 1.11 bits per heavy atom. The zero-order chi connectivity index (χ0) is 18.6. The third-order valence-electron chi connectivity index (χ3n) is 4.62. The first kappa shape index (κ1) is 18.6. The minimum absolute atomic E-state index is 0.0569. The van der Waals surface area contributed by atoms with Crippen molar-refractivity contribution in [3.05, 3.63) is 41.1 Å². The van der Waals surface area contributed by atoms with E-state index >= 15 is 0 Å². The normalized spacial score (nSPS) is 22.3. The number of aliphatic imine (C=N–C) groups is 1. The SMILES string of the molecule is O=C1CSC(N2CCSC/C2=C\c2ccc(C(=O)N3CCOCC3)cc2)=N1. The van der Waals surface area contributed by atoms with Crippen LogP contribution in [0.15, 0.2) is 35.0 Å². The molecule has 4 rings (SSSR count). The molecule has 0 aromatic heterocycles. The summed E-state index contributed by atoms with van der Waals surface area (Å²) in [4.78, 5) is 32.2. The zero-order valence-corrected chi connectivity index (χ0v) is 16.6. The highest BCUT2D eigenvalue weighted by atomic mass is 32.2. The quantitative estimate of drug-likeness (QED) is 0.754. The van der Waals surface area contributed by atoms with Crippen molar-refractivity contribution >= 4 is 46.6 Å². The predicted octanol–water partition coefficient (Wildman–Crippen LogP) is 2.18. The number of benzene rings is 1. The molecule has 2 amide bonds. The van der Waals surface area contributed by atoms with Gasteiger partial charge in [0.25, 0.3) is 11.8 Å². The molecule has 0 aliphatic carbocycles. The predicted molar refractivity (Wildman–Crippen MR) is 110 cm³/mol. The van der Waals surface area contributed by atoms with Gasteiger partial charge < -0.3 is 14.5 Å². The van der Waals surface area contributed by atoms with E-state index in [1.54, 1.807) is 0 Å². The van der Waals surface area contributed by atoms with Crippen molar-refractivity contribution in [2.24, 2.45) is 4.99 Å². The van der Waals surface area contributed by atoms with Gasteiger partial charge in [-0.05, 0) is 23.8 Å².